The minimum Gasteiger partial charge on any atom is -0.301 e. The molecule has 0 saturated heterocycles. The zero-order chi connectivity index (χ0) is 11.0. The number of benzene rings is 1. The maximum atomic E-state index is 2.51. The van der Waals surface area contributed by atoms with Crippen molar-refractivity contribution < 1.29 is 0 Å². The highest BCUT2D eigenvalue weighted by Crippen LogP contribution is 2.43. The molecule has 1 spiro atoms. The first kappa shape index (κ1) is 10.3. The van der Waals surface area contributed by atoms with E-state index >= 15 is 0 Å². The number of fused-ring (bicyclic) bond motifs is 2. The van der Waals surface area contributed by atoms with Gasteiger partial charge in [-0.05, 0) is 31.0 Å². The number of likely N-dealkylation sites (N-methyl/N-ethyl adjacent to an activating group) is 1. The van der Waals surface area contributed by atoms with Crippen molar-refractivity contribution >= 4 is 0 Å². The Morgan fingerprint density at radius 3 is 2.62 bits per heavy atom. The van der Waals surface area contributed by atoms with Crippen LogP contribution in [-0.4, -0.2) is 18.5 Å². The minimum absolute atomic E-state index is 0.488. The second-order valence-corrected chi connectivity index (χ2v) is 5.67. The van der Waals surface area contributed by atoms with Crippen LogP contribution >= 0.6 is 0 Å². The van der Waals surface area contributed by atoms with Gasteiger partial charge < -0.3 is 4.90 Å². The highest BCUT2D eigenvalue weighted by atomic mass is 15.1. The summed E-state index contributed by atoms with van der Waals surface area (Å²) in [6.45, 7) is 2.40. The van der Waals surface area contributed by atoms with Crippen molar-refractivity contribution in [2.24, 2.45) is 0 Å². The Labute approximate surface area is 98.5 Å². The molecule has 1 saturated carbocycles. The first-order chi connectivity index (χ1) is 7.80. The van der Waals surface area contributed by atoms with E-state index in [-0.39, 0.29) is 0 Å². The third-order valence-corrected chi connectivity index (χ3v) is 4.41. The van der Waals surface area contributed by atoms with E-state index in [0.717, 1.165) is 6.54 Å². The molecule has 16 heavy (non-hydrogen) atoms. The van der Waals surface area contributed by atoms with Crippen molar-refractivity contribution in [3.8, 4) is 0 Å². The first-order valence-corrected chi connectivity index (χ1v) is 6.57. The van der Waals surface area contributed by atoms with E-state index in [4.69, 9.17) is 0 Å². The molecule has 2 aliphatic rings. The summed E-state index contributed by atoms with van der Waals surface area (Å²) in [6, 6.07) is 9.12. The van der Waals surface area contributed by atoms with Crippen LogP contribution in [0.15, 0.2) is 24.3 Å². The molecular weight excluding hydrogens is 194 g/mol. The number of hydrogen-bond acceptors (Lipinski definition) is 1. The zero-order valence-corrected chi connectivity index (χ0v) is 10.2. The predicted octanol–water partition coefficient (Wildman–Crippen LogP) is 3.33. The molecule has 1 fully saturated rings. The largest absolute Gasteiger partial charge is 0.301 e. The van der Waals surface area contributed by atoms with Gasteiger partial charge in [0, 0.05) is 18.5 Å². The summed E-state index contributed by atoms with van der Waals surface area (Å²) < 4.78 is 0. The smallest absolute Gasteiger partial charge is 0.0234 e. The summed E-state index contributed by atoms with van der Waals surface area (Å²) in [4.78, 5) is 2.51. The SMILES string of the molecule is CN1Cc2ccccc2C2(CCCCC2)C1. The van der Waals surface area contributed by atoms with Crippen molar-refractivity contribution in [1.29, 1.82) is 0 Å². The van der Waals surface area contributed by atoms with Crippen molar-refractivity contribution in [2.75, 3.05) is 13.6 Å². The molecule has 1 aromatic carbocycles. The van der Waals surface area contributed by atoms with Gasteiger partial charge in [-0.25, -0.2) is 0 Å². The third-order valence-electron chi connectivity index (χ3n) is 4.41. The fourth-order valence-corrected chi connectivity index (χ4v) is 3.78. The molecule has 0 N–H and O–H groups in total. The Morgan fingerprint density at radius 1 is 1.06 bits per heavy atom. The maximum absolute atomic E-state index is 2.51. The fraction of sp³-hybridized carbons (Fsp3) is 0.600. The lowest BCUT2D eigenvalue weighted by molar-refractivity contribution is 0.167. The summed E-state index contributed by atoms with van der Waals surface area (Å²) in [5, 5.41) is 0. The second kappa shape index (κ2) is 3.89. The molecule has 0 aromatic heterocycles. The molecular formula is C15H21N. The van der Waals surface area contributed by atoms with Gasteiger partial charge in [0.1, 0.15) is 0 Å². The Bertz CT molecular complexity index is 377. The van der Waals surface area contributed by atoms with Crippen LogP contribution in [0, 0.1) is 0 Å². The molecule has 0 amide bonds. The van der Waals surface area contributed by atoms with Gasteiger partial charge in [0.2, 0.25) is 0 Å². The van der Waals surface area contributed by atoms with Gasteiger partial charge in [-0.1, -0.05) is 43.5 Å². The van der Waals surface area contributed by atoms with Gasteiger partial charge in [0.25, 0.3) is 0 Å². The van der Waals surface area contributed by atoms with Crippen molar-refractivity contribution in [2.45, 2.75) is 44.1 Å². The Balaban J connectivity index is 2.05. The van der Waals surface area contributed by atoms with Crippen molar-refractivity contribution in [3.05, 3.63) is 35.4 Å². The number of rotatable bonds is 0. The summed E-state index contributed by atoms with van der Waals surface area (Å²) in [7, 11) is 2.27. The van der Waals surface area contributed by atoms with Crippen LogP contribution in [0.3, 0.4) is 0 Å². The molecule has 1 heteroatoms. The Kier molecular flexibility index (Phi) is 2.51. The number of nitrogens with zero attached hydrogens (tertiary/aromatic N) is 1. The van der Waals surface area contributed by atoms with Gasteiger partial charge in [0.05, 0.1) is 0 Å². The molecule has 0 unspecified atom stereocenters. The fourth-order valence-electron chi connectivity index (χ4n) is 3.78. The van der Waals surface area contributed by atoms with Crippen LogP contribution < -0.4 is 0 Å². The van der Waals surface area contributed by atoms with E-state index in [9.17, 15) is 0 Å². The summed E-state index contributed by atoms with van der Waals surface area (Å²) in [5.74, 6) is 0. The van der Waals surface area contributed by atoms with Gasteiger partial charge in [-0.2, -0.15) is 0 Å². The van der Waals surface area contributed by atoms with Gasteiger partial charge >= 0.3 is 0 Å². The van der Waals surface area contributed by atoms with E-state index in [1.165, 1.54) is 38.6 Å². The van der Waals surface area contributed by atoms with Crippen LogP contribution in [0.5, 0.6) is 0 Å². The lowest BCUT2D eigenvalue weighted by atomic mass is 9.66. The molecule has 1 nitrogen and oxygen atoms in total. The highest BCUT2D eigenvalue weighted by Gasteiger charge is 2.38. The van der Waals surface area contributed by atoms with Crippen LogP contribution in [0.4, 0.5) is 0 Å². The molecule has 0 bridgehead atoms. The van der Waals surface area contributed by atoms with Crippen LogP contribution in [0.2, 0.25) is 0 Å². The number of hydrogen-bond donors (Lipinski definition) is 0. The molecule has 1 aromatic rings. The highest BCUT2D eigenvalue weighted by molar-refractivity contribution is 5.37. The maximum Gasteiger partial charge on any atom is 0.0234 e. The predicted molar refractivity (Wildman–Crippen MR) is 67.5 cm³/mol. The van der Waals surface area contributed by atoms with Crippen LogP contribution in [-0.2, 0) is 12.0 Å². The van der Waals surface area contributed by atoms with E-state index in [1.54, 1.807) is 11.1 Å². The normalized spacial score (nSPS) is 24.3. The molecule has 0 atom stereocenters. The Morgan fingerprint density at radius 2 is 1.81 bits per heavy atom. The van der Waals surface area contributed by atoms with Gasteiger partial charge in [0.15, 0.2) is 0 Å². The van der Waals surface area contributed by atoms with E-state index < -0.39 is 0 Å². The second-order valence-electron chi connectivity index (χ2n) is 5.67. The molecule has 1 aliphatic heterocycles. The third kappa shape index (κ3) is 1.58. The van der Waals surface area contributed by atoms with Crippen molar-refractivity contribution in [3.63, 3.8) is 0 Å². The summed E-state index contributed by atoms with van der Waals surface area (Å²) in [6.07, 6.45) is 7.07. The Hall–Kier alpha value is -0.820. The van der Waals surface area contributed by atoms with Crippen molar-refractivity contribution in [1.82, 2.24) is 4.90 Å². The molecule has 3 rings (SSSR count). The zero-order valence-electron chi connectivity index (χ0n) is 10.2. The lowest BCUT2D eigenvalue weighted by Gasteiger charge is -2.45. The standard InChI is InChI=1S/C15H21N/c1-16-11-13-7-3-4-8-14(13)15(12-16)9-5-2-6-10-15/h3-4,7-8H,2,5-6,9-12H2,1H3. The summed E-state index contributed by atoms with van der Waals surface area (Å²) >= 11 is 0. The molecule has 0 radical (unpaired) electrons. The quantitative estimate of drug-likeness (QED) is 0.641. The average Bonchev–Trinajstić information content (AvgIpc) is 2.30. The van der Waals surface area contributed by atoms with E-state index in [0.29, 0.717) is 5.41 Å². The summed E-state index contributed by atoms with van der Waals surface area (Å²) in [5.41, 5.74) is 3.72. The van der Waals surface area contributed by atoms with Gasteiger partial charge in [-0.15, -0.1) is 0 Å². The van der Waals surface area contributed by atoms with Gasteiger partial charge in [-0.3, -0.25) is 0 Å². The molecule has 86 valence electrons. The monoisotopic (exact) mass is 215 g/mol. The van der Waals surface area contributed by atoms with Crippen LogP contribution in [0.25, 0.3) is 0 Å². The lowest BCUT2D eigenvalue weighted by Crippen LogP contribution is -2.45. The average molecular weight is 215 g/mol. The first-order valence-electron chi connectivity index (χ1n) is 6.57. The topological polar surface area (TPSA) is 3.24 Å². The van der Waals surface area contributed by atoms with E-state index in [2.05, 4.69) is 36.2 Å². The van der Waals surface area contributed by atoms with Crippen LogP contribution in [0.1, 0.15) is 43.2 Å². The van der Waals surface area contributed by atoms with E-state index in [1.807, 2.05) is 0 Å². The minimum atomic E-state index is 0.488. The molecule has 1 heterocycles. The molecule has 1 aliphatic carbocycles.